The summed E-state index contributed by atoms with van der Waals surface area (Å²) in [4.78, 5) is 25.4. The van der Waals surface area contributed by atoms with Crippen molar-refractivity contribution >= 4 is 11.7 Å². The predicted molar refractivity (Wildman–Crippen MR) is 121 cm³/mol. The molecule has 0 saturated carbocycles. The minimum Gasteiger partial charge on any atom is -0.352 e. The zero-order valence-corrected chi connectivity index (χ0v) is 17.6. The molecule has 1 aliphatic rings. The Bertz CT molecular complexity index is 1150. The standard InChI is InChI=1S/C24H23N7O/c32-24(20-6-4-19(5-7-20)17-29-12-11-25-18-29)31-15-13-30(14-16-31)23-9-8-22(27-28-23)21-3-1-2-10-26-21/h1-12,18H,13-17H2. The van der Waals surface area contributed by atoms with E-state index in [1.165, 1.54) is 0 Å². The number of pyridine rings is 1. The second kappa shape index (κ2) is 8.97. The minimum atomic E-state index is 0.0652. The number of aromatic nitrogens is 5. The molecule has 1 amide bonds. The van der Waals surface area contributed by atoms with Gasteiger partial charge in [0.05, 0.1) is 12.0 Å². The molecule has 8 nitrogen and oxygen atoms in total. The molecule has 5 rings (SSSR count). The maximum absolute atomic E-state index is 12.9. The van der Waals surface area contributed by atoms with E-state index in [0.717, 1.165) is 42.4 Å². The molecular weight excluding hydrogens is 402 g/mol. The van der Waals surface area contributed by atoms with Crippen LogP contribution in [-0.2, 0) is 6.54 Å². The quantitative estimate of drug-likeness (QED) is 0.489. The number of nitrogens with zero attached hydrogens (tertiary/aromatic N) is 7. The van der Waals surface area contributed by atoms with E-state index in [-0.39, 0.29) is 5.91 Å². The van der Waals surface area contributed by atoms with Crippen LogP contribution in [0.15, 0.2) is 79.5 Å². The summed E-state index contributed by atoms with van der Waals surface area (Å²) in [7, 11) is 0. The average Bonchev–Trinajstić information content (AvgIpc) is 3.38. The topological polar surface area (TPSA) is 80.0 Å². The summed E-state index contributed by atoms with van der Waals surface area (Å²) in [5.74, 6) is 0.885. The van der Waals surface area contributed by atoms with E-state index in [0.29, 0.717) is 18.7 Å². The first-order valence-electron chi connectivity index (χ1n) is 10.6. The van der Waals surface area contributed by atoms with Gasteiger partial charge in [-0.05, 0) is 42.0 Å². The zero-order valence-electron chi connectivity index (χ0n) is 17.6. The van der Waals surface area contributed by atoms with Gasteiger partial charge in [0.1, 0.15) is 5.69 Å². The zero-order chi connectivity index (χ0) is 21.8. The molecule has 8 heteroatoms. The highest BCUT2D eigenvalue weighted by Crippen LogP contribution is 2.18. The Hall–Kier alpha value is -4.07. The Morgan fingerprint density at radius 3 is 2.34 bits per heavy atom. The van der Waals surface area contributed by atoms with Gasteiger partial charge in [0.2, 0.25) is 0 Å². The van der Waals surface area contributed by atoms with Crippen LogP contribution < -0.4 is 4.90 Å². The third-order valence-corrected chi connectivity index (χ3v) is 5.59. The Morgan fingerprint density at radius 2 is 1.69 bits per heavy atom. The number of piperazine rings is 1. The SMILES string of the molecule is O=C(c1ccc(Cn2ccnc2)cc1)N1CCN(c2ccc(-c3ccccn3)nn2)CC1. The first-order valence-corrected chi connectivity index (χ1v) is 10.6. The predicted octanol–water partition coefficient (Wildman–Crippen LogP) is 2.75. The van der Waals surface area contributed by atoms with Crippen LogP contribution >= 0.6 is 0 Å². The van der Waals surface area contributed by atoms with Crippen LogP contribution in [0.25, 0.3) is 11.4 Å². The van der Waals surface area contributed by atoms with Crippen molar-refractivity contribution in [3.63, 3.8) is 0 Å². The van der Waals surface area contributed by atoms with E-state index in [4.69, 9.17) is 0 Å². The molecule has 0 spiro atoms. The summed E-state index contributed by atoms with van der Waals surface area (Å²) in [5.41, 5.74) is 3.40. The van der Waals surface area contributed by atoms with Crippen molar-refractivity contribution in [1.29, 1.82) is 0 Å². The summed E-state index contributed by atoms with van der Waals surface area (Å²) >= 11 is 0. The highest BCUT2D eigenvalue weighted by atomic mass is 16.2. The van der Waals surface area contributed by atoms with Gasteiger partial charge in [-0.2, -0.15) is 0 Å². The molecule has 0 atom stereocenters. The van der Waals surface area contributed by atoms with Crippen molar-refractivity contribution < 1.29 is 4.79 Å². The molecule has 32 heavy (non-hydrogen) atoms. The second-order valence-electron chi connectivity index (χ2n) is 7.70. The van der Waals surface area contributed by atoms with E-state index in [1.807, 2.05) is 70.3 Å². The van der Waals surface area contributed by atoms with Gasteiger partial charge in [-0.1, -0.05) is 18.2 Å². The lowest BCUT2D eigenvalue weighted by molar-refractivity contribution is 0.0746. The molecule has 4 aromatic rings. The maximum atomic E-state index is 12.9. The summed E-state index contributed by atoms with van der Waals surface area (Å²) in [6, 6.07) is 17.4. The van der Waals surface area contributed by atoms with Crippen LogP contribution in [0.2, 0.25) is 0 Å². The number of rotatable bonds is 5. The van der Waals surface area contributed by atoms with Crippen molar-refractivity contribution in [3.05, 3.63) is 90.6 Å². The highest BCUT2D eigenvalue weighted by Gasteiger charge is 2.23. The first kappa shape index (κ1) is 19.9. The molecule has 0 radical (unpaired) electrons. The van der Waals surface area contributed by atoms with Gasteiger partial charge in [-0.15, -0.1) is 10.2 Å². The Morgan fingerprint density at radius 1 is 0.844 bits per heavy atom. The molecule has 160 valence electrons. The van der Waals surface area contributed by atoms with Crippen molar-refractivity contribution in [1.82, 2.24) is 29.6 Å². The first-order chi connectivity index (χ1) is 15.8. The normalized spacial score (nSPS) is 13.9. The fraction of sp³-hybridized carbons (Fsp3) is 0.208. The van der Waals surface area contributed by atoms with Gasteiger partial charge in [-0.25, -0.2) is 4.98 Å². The lowest BCUT2D eigenvalue weighted by atomic mass is 10.1. The number of amides is 1. The average molecular weight is 425 g/mol. The van der Waals surface area contributed by atoms with Crippen LogP contribution in [0.4, 0.5) is 5.82 Å². The molecule has 0 bridgehead atoms. The maximum Gasteiger partial charge on any atom is 0.253 e. The van der Waals surface area contributed by atoms with Crippen LogP contribution in [0.5, 0.6) is 0 Å². The van der Waals surface area contributed by atoms with Crippen LogP contribution in [-0.4, -0.2) is 61.7 Å². The number of anilines is 1. The summed E-state index contributed by atoms with van der Waals surface area (Å²) < 4.78 is 2.00. The van der Waals surface area contributed by atoms with E-state index < -0.39 is 0 Å². The monoisotopic (exact) mass is 425 g/mol. The van der Waals surface area contributed by atoms with Crippen molar-refractivity contribution in [2.75, 3.05) is 31.1 Å². The fourth-order valence-electron chi connectivity index (χ4n) is 3.81. The van der Waals surface area contributed by atoms with E-state index in [2.05, 4.69) is 25.1 Å². The molecule has 0 N–H and O–H groups in total. The van der Waals surface area contributed by atoms with Crippen molar-refractivity contribution in [2.45, 2.75) is 6.54 Å². The van der Waals surface area contributed by atoms with Gasteiger partial charge in [0.25, 0.3) is 5.91 Å². The number of carbonyl (C=O) groups is 1. The molecule has 0 aliphatic carbocycles. The molecule has 1 fully saturated rings. The summed E-state index contributed by atoms with van der Waals surface area (Å²) in [6.45, 7) is 3.50. The Kier molecular flexibility index (Phi) is 5.57. The smallest absolute Gasteiger partial charge is 0.253 e. The van der Waals surface area contributed by atoms with E-state index in [1.54, 1.807) is 18.7 Å². The molecule has 1 aromatic carbocycles. The van der Waals surface area contributed by atoms with Crippen LogP contribution in [0, 0.1) is 0 Å². The number of hydrogen-bond donors (Lipinski definition) is 0. The fourth-order valence-corrected chi connectivity index (χ4v) is 3.81. The van der Waals surface area contributed by atoms with Crippen molar-refractivity contribution in [3.8, 4) is 11.4 Å². The molecule has 1 saturated heterocycles. The van der Waals surface area contributed by atoms with Gasteiger partial charge >= 0.3 is 0 Å². The molecule has 4 heterocycles. The minimum absolute atomic E-state index is 0.0652. The third-order valence-electron chi connectivity index (χ3n) is 5.59. The van der Waals surface area contributed by atoms with Crippen molar-refractivity contribution in [2.24, 2.45) is 0 Å². The Balaban J connectivity index is 1.18. The highest BCUT2D eigenvalue weighted by molar-refractivity contribution is 5.94. The van der Waals surface area contributed by atoms with E-state index in [9.17, 15) is 4.79 Å². The van der Waals surface area contributed by atoms with E-state index >= 15 is 0 Å². The number of hydrogen-bond acceptors (Lipinski definition) is 6. The summed E-state index contributed by atoms with van der Waals surface area (Å²) in [6.07, 6.45) is 7.22. The van der Waals surface area contributed by atoms with Crippen LogP contribution in [0.1, 0.15) is 15.9 Å². The lowest BCUT2D eigenvalue weighted by Crippen LogP contribution is -2.49. The molecule has 1 aliphatic heterocycles. The Labute approximate surface area is 186 Å². The lowest BCUT2D eigenvalue weighted by Gasteiger charge is -2.35. The van der Waals surface area contributed by atoms with Gasteiger partial charge in [0, 0.05) is 56.9 Å². The molecule has 0 unspecified atom stereocenters. The summed E-state index contributed by atoms with van der Waals surface area (Å²) in [5, 5.41) is 8.69. The van der Waals surface area contributed by atoms with Gasteiger partial charge in [0.15, 0.2) is 5.82 Å². The molecular formula is C24H23N7O. The number of imidazole rings is 1. The van der Waals surface area contributed by atoms with Gasteiger partial charge in [-0.3, -0.25) is 9.78 Å². The number of benzene rings is 1. The third kappa shape index (κ3) is 4.34. The van der Waals surface area contributed by atoms with Gasteiger partial charge < -0.3 is 14.4 Å². The number of carbonyl (C=O) groups excluding carboxylic acids is 1. The second-order valence-corrected chi connectivity index (χ2v) is 7.70. The largest absolute Gasteiger partial charge is 0.352 e. The molecule has 3 aromatic heterocycles. The van der Waals surface area contributed by atoms with Crippen LogP contribution in [0.3, 0.4) is 0 Å².